The topological polar surface area (TPSA) is 52.6 Å². The number of esters is 2. The molecule has 0 saturated heterocycles. The minimum Gasteiger partial charge on any atom is -0.465 e. The lowest BCUT2D eigenvalue weighted by Crippen LogP contribution is -2.40. The van der Waals surface area contributed by atoms with Crippen LogP contribution in [0.25, 0.3) is 0 Å². The smallest absolute Gasteiger partial charge is 0.323 e. The average Bonchev–Trinajstić information content (AvgIpc) is 2.80. The van der Waals surface area contributed by atoms with Crippen molar-refractivity contribution in [2.24, 2.45) is 22.7 Å². The molecule has 0 heterocycles. The fraction of sp³-hybridized carbons (Fsp3) is 0.684. The third kappa shape index (κ3) is 3.22. The van der Waals surface area contributed by atoms with Crippen LogP contribution in [-0.4, -0.2) is 25.2 Å². The second-order valence-electron chi connectivity index (χ2n) is 7.22. The van der Waals surface area contributed by atoms with Gasteiger partial charge in [-0.3, -0.25) is 9.59 Å². The SMILES string of the molecule is CCOC(=O)C1(C(=O)OCC)CC2=CC(C)(C)[C@H](C)C=C[C@@H]2C1. The number of hydrogen-bond donors (Lipinski definition) is 0. The standard InChI is InChI=1S/C19H28O4/c1-6-22-16(20)19(17(21)23-7-2)11-14-9-8-13(3)18(4,5)10-15(14)12-19/h8-10,13-14H,6-7,11-12H2,1-5H3/t13-,14-/m1/s1. The molecule has 0 unspecified atom stereocenters. The van der Waals surface area contributed by atoms with E-state index in [1.54, 1.807) is 13.8 Å². The maximum absolute atomic E-state index is 12.6. The number of rotatable bonds is 4. The summed E-state index contributed by atoms with van der Waals surface area (Å²) in [6, 6.07) is 0. The highest BCUT2D eigenvalue weighted by atomic mass is 16.6. The zero-order chi connectivity index (χ0) is 17.3. The van der Waals surface area contributed by atoms with Crippen LogP contribution < -0.4 is 0 Å². The Labute approximate surface area is 138 Å². The van der Waals surface area contributed by atoms with Crippen molar-refractivity contribution in [1.29, 1.82) is 0 Å². The molecule has 0 aliphatic heterocycles. The third-order valence-electron chi connectivity index (χ3n) is 5.25. The minimum atomic E-state index is -1.19. The summed E-state index contributed by atoms with van der Waals surface area (Å²) in [6.07, 6.45) is 7.42. The highest BCUT2D eigenvalue weighted by Gasteiger charge is 2.55. The zero-order valence-electron chi connectivity index (χ0n) is 14.8. The van der Waals surface area contributed by atoms with Gasteiger partial charge in [0.25, 0.3) is 0 Å². The molecule has 0 aromatic rings. The Morgan fingerprint density at radius 2 is 1.70 bits per heavy atom. The molecule has 0 spiro atoms. The minimum absolute atomic E-state index is 0.0000144. The first kappa shape index (κ1) is 17.8. The molecule has 4 heteroatoms. The normalized spacial score (nSPS) is 27.6. The lowest BCUT2D eigenvalue weighted by atomic mass is 9.78. The number of ether oxygens (including phenoxy) is 2. The second-order valence-corrected chi connectivity index (χ2v) is 7.22. The van der Waals surface area contributed by atoms with Gasteiger partial charge in [-0.2, -0.15) is 0 Å². The Morgan fingerprint density at radius 1 is 1.13 bits per heavy atom. The summed E-state index contributed by atoms with van der Waals surface area (Å²) < 4.78 is 10.4. The molecule has 2 aliphatic rings. The molecule has 2 atom stereocenters. The molecule has 0 bridgehead atoms. The summed E-state index contributed by atoms with van der Waals surface area (Å²) in [5.74, 6) is -0.383. The Morgan fingerprint density at radius 3 is 2.22 bits per heavy atom. The molecule has 128 valence electrons. The van der Waals surface area contributed by atoms with Crippen molar-refractivity contribution in [2.45, 2.75) is 47.5 Å². The van der Waals surface area contributed by atoms with E-state index in [1.807, 2.05) is 0 Å². The van der Waals surface area contributed by atoms with Crippen LogP contribution in [0.2, 0.25) is 0 Å². The van der Waals surface area contributed by atoms with Crippen LogP contribution in [0.4, 0.5) is 0 Å². The van der Waals surface area contributed by atoms with E-state index in [4.69, 9.17) is 9.47 Å². The van der Waals surface area contributed by atoms with E-state index in [1.165, 1.54) is 0 Å². The van der Waals surface area contributed by atoms with Crippen molar-refractivity contribution < 1.29 is 19.1 Å². The van der Waals surface area contributed by atoms with E-state index < -0.39 is 17.4 Å². The van der Waals surface area contributed by atoms with Gasteiger partial charge in [0.15, 0.2) is 5.41 Å². The Hall–Kier alpha value is -1.58. The van der Waals surface area contributed by atoms with Crippen LogP contribution in [0.5, 0.6) is 0 Å². The maximum atomic E-state index is 12.6. The molecule has 2 aliphatic carbocycles. The van der Waals surface area contributed by atoms with Crippen LogP contribution in [-0.2, 0) is 19.1 Å². The Balaban J connectivity index is 2.40. The molecule has 0 aromatic carbocycles. The van der Waals surface area contributed by atoms with Crippen molar-refractivity contribution in [3.05, 3.63) is 23.8 Å². The van der Waals surface area contributed by atoms with Gasteiger partial charge in [0.2, 0.25) is 0 Å². The molecule has 0 aromatic heterocycles. The number of carbonyl (C=O) groups is 2. The van der Waals surface area contributed by atoms with Gasteiger partial charge in [-0.05, 0) is 43.9 Å². The fourth-order valence-corrected chi connectivity index (χ4v) is 3.50. The molecule has 4 nitrogen and oxygen atoms in total. The Bertz CT molecular complexity index is 524. The van der Waals surface area contributed by atoms with Gasteiger partial charge >= 0.3 is 11.9 Å². The number of fused-ring (bicyclic) bond motifs is 1. The summed E-state index contributed by atoms with van der Waals surface area (Å²) in [5.41, 5.74) is -0.0412. The maximum Gasteiger partial charge on any atom is 0.323 e. The van der Waals surface area contributed by atoms with E-state index >= 15 is 0 Å². The molecule has 0 radical (unpaired) electrons. The van der Waals surface area contributed by atoms with Crippen LogP contribution in [0.3, 0.4) is 0 Å². The van der Waals surface area contributed by atoms with Crippen molar-refractivity contribution in [2.75, 3.05) is 13.2 Å². The average molecular weight is 320 g/mol. The molecular formula is C19H28O4. The van der Waals surface area contributed by atoms with Gasteiger partial charge in [0.1, 0.15) is 0 Å². The number of hydrogen-bond acceptors (Lipinski definition) is 4. The fourth-order valence-electron chi connectivity index (χ4n) is 3.50. The highest BCUT2D eigenvalue weighted by Crippen LogP contribution is 2.51. The van der Waals surface area contributed by atoms with E-state index in [9.17, 15) is 9.59 Å². The van der Waals surface area contributed by atoms with Crippen molar-refractivity contribution >= 4 is 11.9 Å². The summed E-state index contributed by atoms with van der Waals surface area (Å²) in [7, 11) is 0. The van der Waals surface area contributed by atoms with Gasteiger partial charge in [-0.25, -0.2) is 0 Å². The monoisotopic (exact) mass is 320 g/mol. The molecule has 23 heavy (non-hydrogen) atoms. The summed E-state index contributed by atoms with van der Waals surface area (Å²) >= 11 is 0. The summed E-state index contributed by atoms with van der Waals surface area (Å²) in [4.78, 5) is 25.1. The molecule has 0 N–H and O–H groups in total. The van der Waals surface area contributed by atoms with Crippen LogP contribution in [0.15, 0.2) is 23.8 Å². The van der Waals surface area contributed by atoms with E-state index in [2.05, 4.69) is 39.0 Å². The van der Waals surface area contributed by atoms with Crippen LogP contribution >= 0.6 is 0 Å². The molecule has 0 amide bonds. The Kier molecular flexibility index (Phi) is 5.02. The lowest BCUT2D eigenvalue weighted by Gasteiger charge is -2.27. The van der Waals surface area contributed by atoms with Crippen LogP contribution in [0.1, 0.15) is 47.5 Å². The predicted molar refractivity (Wildman–Crippen MR) is 88.6 cm³/mol. The first-order chi connectivity index (χ1) is 10.8. The summed E-state index contributed by atoms with van der Waals surface area (Å²) in [5, 5.41) is 0. The van der Waals surface area contributed by atoms with Gasteiger partial charge < -0.3 is 9.47 Å². The quantitative estimate of drug-likeness (QED) is 0.450. The van der Waals surface area contributed by atoms with Crippen molar-refractivity contribution in [1.82, 2.24) is 0 Å². The zero-order valence-corrected chi connectivity index (χ0v) is 14.8. The number of allylic oxidation sites excluding steroid dienone is 4. The molecular weight excluding hydrogens is 292 g/mol. The molecule has 2 rings (SSSR count). The second kappa shape index (κ2) is 6.50. The first-order valence-corrected chi connectivity index (χ1v) is 8.51. The highest BCUT2D eigenvalue weighted by molar-refractivity contribution is 6.01. The van der Waals surface area contributed by atoms with Gasteiger partial charge in [-0.1, -0.05) is 44.6 Å². The largest absolute Gasteiger partial charge is 0.465 e. The van der Waals surface area contributed by atoms with Gasteiger partial charge in [0.05, 0.1) is 13.2 Å². The third-order valence-corrected chi connectivity index (χ3v) is 5.25. The van der Waals surface area contributed by atoms with E-state index in [-0.39, 0.29) is 24.5 Å². The van der Waals surface area contributed by atoms with Gasteiger partial charge in [-0.15, -0.1) is 0 Å². The first-order valence-electron chi connectivity index (χ1n) is 8.51. The van der Waals surface area contributed by atoms with E-state index in [0.29, 0.717) is 18.8 Å². The molecule has 1 saturated carbocycles. The summed E-state index contributed by atoms with van der Waals surface area (Å²) in [6.45, 7) is 10.6. The predicted octanol–water partition coefficient (Wildman–Crippen LogP) is 3.67. The van der Waals surface area contributed by atoms with Crippen molar-refractivity contribution in [3.63, 3.8) is 0 Å². The van der Waals surface area contributed by atoms with Crippen molar-refractivity contribution in [3.8, 4) is 0 Å². The molecule has 1 fully saturated rings. The number of carbonyl (C=O) groups excluding carboxylic acids is 2. The lowest BCUT2D eigenvalue weighted by molar-refractivity contribution is -0.171. The van der Waals surface area contributed by atoms with Gasteiger partial charge in [0, 0.05) is 0 Å². The van der Waals surface area contributed by atoms with E-state index in [0.717, 1.165) is 5.57 Å². The van der Waals surface area contributed by atoms with Crippen LogP contribution in [0, 0.1) is 22.7 Å².